The van der Waals surface area contributed by atoms with Crippen molar-refractivity contribution in [2.45, 2.75) is 18.8 Å². The van der Waals surface area contributed by atoms with E-state index in [4.69, 9.17) is 9.47 Å². The number of rotatable bonds is 5. The van der Waals surface area contributed by atoms with Gasteiger partial charge < -0.3 is 19.8 Å². The van der Waals surface area contributed by atoms with Gasteiger partial charge in [-0.25, -0.2) is 0 Å². The van der Waals surface area contributed by atoms with Crippen LogP contribution in [0, 0.1) is 0 Å². The molecule has 0 saturated carbocycles. The zero-order valence-electron chi connectivity index (χ0n) is 17.2. The van der Waals surface area contributed by atoms with Gasteiger partial charge in [-0.2, -0.15) is 0 Å². The maximum absolute atomic E-state index is 12.8. The Bertz CT molecular complexity index is 1180. The van der Waals surface area contributed by atoms with Gasteiger partial charge in [0.2, 0.25) is 0 Å². The third-order valence-electron chi connectivity index (χ3n) is 5.49. The number of amides is 1. The van der Waals surface area contributed by atoms with E-state index in [-0.39, 0.29) is 17.3 Å². The number of aromatic amines is 1. The third-order valence-corrected chi connectivity index (χ3v) is 5.49. The fraction of sp³-hybridized carbons (Fsp3) is 0.208. The van der Waals surface area contributed by atoms with Crippen molar-refractivity contribution in [3.63, 3.8) is 0 Å². The van der Waals surface area contributed by atoms with E-state index in [1.165, 1.54) is 6.07 Å². The number of pyridine rings is 1. The minimum atomic E-state index is -0.570. The van der Waals surface area contributed by atoms with E-state index in [0.717, 1.165) is 11.3 Å². The standard InChI is InChI=1S/C24H22N2O5/c1-30-17-7-3-14(4-8-17)15-11-21-19(22(27)12-15)13-20(24(29)26-21)23(28)25-16-5-9-18(31-2)10-6-16/h3-10,13,15H,11-12H2,1-2H3,(H,25,28)(H,26,29). The smallest absolute Gasteiger partial charge is 0.261 e. The average molecular weight is 418 g/mol. The first-order valence-electron chi connectivity index (χ1n) is 9.87. The van der Waals surface area contributed by atoms with Crippen LogP contribution in [0.3, 0.4) is 0 Å². The number of anilines is 1. The molecule has 1 aliphatic rings. The first-order valence-corrected chi connectivity index (χ1v) is 9.87. The van der Waals surface area contributed by atoms with Gasteiger partial charge in [-0.3, -0.25) is 14.4 Å². The van der Waals surface area contributed by atoms with Gasteiger partial charge in [-0.15, -0.1) is 0 Å². The number of carbonyl (C=O) groups is 2. The zero-order valence-corrected chi connectivity index (χ0v) is 17.2. The minimum Gasteiger partial charge on any atom is -0.497 e. The van der Waals surface area contributed by atoms with Gasteiger partial charge in [0, 0.05) is 23.4 Å². The summed E-state index contributed by atoms with van der Waals surface area (Å²) in [6.07, 6.45) is 0.827. The van der Waals surface area contributed by atoms with Crippen molar-refractivity contribution in [3.8, 4) is 11.5 Å². The number of ether oxygens (including phenoxy) is 2. The average Bonchev–Trinajstić information content (AvgIpc) is 2.79. The molecule has 1 aliphatic carbocycles. The topological polar surface area (TPSA) is 97.5 Å². The number of hydrogen-bond acceptors (Lipinski definition) is 5. The predicted molar refractivity (Wildman–Crippen MR) is 116 cm³/mol. The third kappa shape index (κ3) is 4.21. The van der Waals surface area contributed by atoms with Crippen LogP contribution in [-0.2, 0) is 6.42 Å². The first-order chi connectivity index (χ1) is 15.0. The van der Waals surface area contributed by atoms with Crippen LogP contribution >= 0.6 is 0 Å². The van der Waals surface area contributed by atoms with Gasteiger partial charge in [-0.1, -0.05) is 12.1 Å². The highest BCUT2D eigenvalue weighted by atomic mass is 16.5. The van der Waals surface area contributed by atoms with E-state index >= 15 is 0 Å². The van der Waals surface area contributed by atoms with Crippen LogP contribution in [-0.4, -0.2) is 30.9 Å². The van der Waals surface area contributed by atoms with Crippen molar-refractivity contribution in [3.05, 3.63) is 87.3 Å². The number of H-pyrrole nitrogens is 1. The highest BCUT2D eigenvalue weighted by Gasteiger charge is 2.29. The minimum absolute atomic E-state index is 0.0412. The second-order valence-corrected chi connectivity index (χ2v) is 7.39. The second-order valence-electron chi connectivity index (χ2n) is 7.39. The Morgan fingerprint density at radius 1 is 0.935 bits per heavy atom. The number of methoxy groups -OCH3 is 2. The highest BCUT2D eigenvalue weighted by molar-refractivity contribution is 6.06. The van der Waals surface area contributed by atoms with Gasteiger partial charge in [-0.05, 0) is 60.4 Å². The van der Waals surface area contributed by atoms with Gasteiger partial charge in [0.25, 0.3) is 11.5 Å². The van der Waals surface area contributed by atoms with Gasteiger partial charge >= 0.3 is 0 Å². The van der Waals surface area contributed by atoms with Crippen molar-refractivity contribution in [1.82, 2.24) is 4.98 Å². The van der Waals surface area contributed by atoms with E-state index in [1.54, 1.807) is 38.5 Å². The summed E-state index contributed by atoms with van der Waals surface area (Å²) in [5, 5.41) is 2.68. The molecule has 3 aromatic rings. The predicted octanol–water partition coefficient (Wildman–Crippen LogP) is 3.56. The van der Waals surface area contributed by atoms with E-state index < -0.39 is 11.5 Å². The Labute approximate surface area is 179 Å². The van der Waals surface area contributed by atoms with Gasteiger partial charge in [0.1, 0.15) is 17.1 Å². The SMILES string of the molecule is COc1ccc(NC(=O)c2cc3c([nH]c2=O)CC(c2ccc(OC)cc2)CC3=O)cc1. The number of benzene rings is 2. The number of aromatic nitrogens is 1. The molecule has 0 saturated heterocycles. The van der Waals surface area contributed by atoms with E-state index in [1.807, 2.05) is 24.3 Å². The summed E-state index contributed by atoms with van der Waals surface area (Å²) in [5.74, 6) is 0.686. The molecule has 0 radical (unpaired) electrons. The van der Waals surface area contributed by atoms with E-state index in [9.17, 15) is 14.4 Å². The van der Waals surface area contributed by atoms with Crippen LogP contribution in [0.5, 0.6) is 11.5 Å². The fourth-order valence-electron chi connectivity index (χ4n) is 3.78. The quantitative estimate of drug-likeness (QED) is 0.660. The monoisotopic (exact) mass is 418 g/mol. The maximum Gasteiger partial charge on any atom is 0.261 e. The summed E-state index contributed by atoms with van der Waals surface area (Å²) in [5.41, 5.74) is 1.86. The number of hydrogen-bond donors (Lipinski definition) is 2. The highest BCUT2D eigenvalue weighted by Crippen LogP contribution is 2.32. The molecule has 1 aromatic heterocycles. The van der Waals surface area contributed by atoms with E-state index in [2.05, 4.69) is 10.3 Å². The molecule has 1 atom stereocenters. The second kappa shape index (κ2) is 8.47. The maximum atomic E-state index is 12.8. The van der Waals surface area contributed by atoms with Crippen LogP contribution < -0.4 is 20.3 Å². The lowest BCUT2D eigenvalue weighted by molar-refractivity contribution is 0.0963. The molecule has 0 spiro atoms. The van der Waals surface area contributed by atoms with Crippen LogP contribution in [0.4, 0.5) is 5.69 Å². The molecule has 0 fully saturated rings. The number of ketones is 1. The first kappa shape index (κ1) is 20.4. The van der Waals surface area contributed by atoms with E-state index in [0.29, 0.717) is 35.5 Å². The number of nitrogens with one attached hydrogen (secondary N) is 2. The summed E-state index contributed by atoms with van der Waals surface area (Å²) in [7, 11) is 3.15. The Hall–Kier alpha value is -3.87. The summed E-state index contributed by atoms with van der Waals surface area (Å²) in [6, 6.07) is 15.7. The molecule has 2 aromatic carbocycles. The van der Waals surface area contributed by atoms with Gasteiger partial charge in [0.05, 0.1) is 14.2 Å². The largest absolute Gasteiger partial charge is 0.497 e. The molecule has 1 unspecified atom stereocenters. The lowest BCUT2D eigenvalue weighted by Gasteiger charge is -2.24. The molecule has 4 rings (SSSR count). The molecular weight excluding hydrogens is 396 g/mol. The number of fused-ring (bicyclic) bond motifs is 1. The van der Waals surface area contributed by atoms with Crippen molar-refractivity contribution in [1.29, 1.82) is 0 Å². The molecule has 158 valence electrons. The van der Waals surface area contributed by atoms with Crippen molar-refractivity contribution in [2.75, 3.05) is 19.5 Å². The normalized spacial score (nSPS) is 15.2. The Balaban J connectivity index is 1.57. The van der Waals surface area contributed by atoms with Crippen molar-refractivity contribution >= 4 is 17.4 Å². The molecule has 31 heavy (non-hydrogen) atoms. The van der Waals surface area contributed by atoms with Crippen LogP contribution in [0.2, 0.25) is 0 Å². The summed E-state index contributed by atoms with van der Waals surface area (Å²) in [4.78, 5) is 40.8. The Morgan fingerprint density at radius 3 is 2.16 bits per heavy atom. The number of carbonyl (C=O) groups excluding carboxylic acids is 2. The Kier molecular flexibility index (Phi) is 5.58. The van der Waals surface area contributed by atoms with Crippen molar-refractivity contribution in [2.24, 2.45) is 0 Å². The summed E-state index contributed by atoms with van der Waals surface area (Å²) >= 11 is 0. The summed E-state index contributed by atoms with van der Waals surface area (Å²) < 4.78 is 10.3. The van der Waals surface area contributed by atoms with Crippen molar-refractivity contribution < 1.29 is 19.1 Å². The molecule has 0 bridgehead atoms. The molecule has 7 heteroatoms. The lowest BCUT2D eigenvalue weighted by Crippen LogP contribution is -2.29. The Morgan fingerprint density at radius 2 is 1.55 bits per heavy atom. The number of Topliss-reactive ketones (excluding diaryl/α,β-unsaturated/α-hetero) is 1. The molecular formula is C24H22N2O5. The molecule has 0 aliphatic heterocycles. The lowest BCUT2D eigenvalue weighted by atomic mass is 9.81. The van der Waals surface area contributed by atoms with Crippen LogP contribution in [0.25, 0.3) is 0 Å². The van der Waals surface area contributed by atoms with Crippen LogP contribution in [0.15, 0.2) is 59.4 Å². The fourth-order valence-corrected chi connectivity index (χ4v) is 3.78. The molecule has 1 amide bonds. The zero-order chi connectivity index (χ0) is 22.0. The molecule has 2 N–H and O–H groups in total. The van der Waals surface area contributed by atoms with Gasteiger partial charge in [0.15, 0.2) is 5.78 Å². The van der Waals surface area contributed by atoms with Crippen LogP contribution in [0.1, 0.15) is 44.3 Å². The molecule has 7 nitrogen and oxygen atoms in total. The summed E-state index contributed by atoms with van der Waals surface area (Å²) in [6.45, 7) is 0. The molecule has 1 heterocycles.